The van der Waals surface area contributed by atoms with Gasteiger partial charge in [-0.1, -0.05) is 11.6 Å². The van der Waals surface area contributed by atoms with Gasteiger partial charge in [0.2, 0.25) is 0 Å². The van der Waals surface area contributed by atoms with Crippen molar-refractivity contribution in [2.75, 3.05) is 6.54 Å². The largest absolute Gasteiger partial charge is 0.310 e. The van der Waals surface area contributed by atoms with Crippen molar-refractivity contribution in [1.82, 2.24) is 5.32 Å². The molecule has 82 valence electrons. The van der Waals surface area contributed by atoms with E-state index in [2.05, 4.69) is 5.32 Å². The van der Waals surface area contributed by atoms with E-state index in [4.69, 9.17) is 11.6 Å². The molecule has 0 spiro atoms. The molecule has 2 rings (SSSR count). The van der Waals surface area contributed by atoms with Crippen LogP contribution in [0.2, 0.25) is 5.02 Å². The Morgan fingerprint density at radius 2 is 2.20 bits per heavy atom. The van der Waals surface area contributed by atoms with Gasteiger partial charge in [-0.25, -0.2) is 0 Å². The maximum absolute atomic E-state index is 10.5. The molecule has 0 radical (unpaired) electrons. The number of hydrogen-bond donors (Lipinski definition) is 1. The van der Waals surface area contributed by atoms with Crippen molar-refractivity contribution in [2.24, 2.45) is 0 Å². The quantitative estimate of drug-likeness (QED) is 0.647. The number of halogens is 2. The van der Waals surface area contributed by atoms with Gasteiger partial charge in [0.1, 0.15) is 0 Å². The molecule has 1 heterocycles. The number of nitrogens with zero attached hydrogens (tertiary/aromatic N) is 1. The first-order valence-electron chi connectivity index (χ1n) is 4.35. The molecule has 0 bridgehead atoms. The summed E-state index contributed by atoms with van der Waals surface area (Å²) in [5.41, 5.74) is 0.921. The lowest BCUT2D eigenvalue weighted by Crippen LogP contribution is -2.35. The lowest BCUT2D eigenvalue weighted by Gasteiger charge is -2.28. The third-order valence-corrected chi connectivity index (χ3v) is 2.73. The van der Waals surface area contributed by atoms with Crippen LogP contribution in [0.15, 0.2) is 18.2 Å². The Morgan fingerprint density at radius 1 is 1.53 bits per heavy atom. The average molecular weight is 249 g/mol. The molecule has 1 fully saturated rings. The van der Waals surface area contributed by atoms with E-state index in [0.29, 0.717) is 5.02 Å². The molecule has 1 atom stereocenters. The zero-order chi connectivity index (χ0) is 10.1. The summed E-state index contributed by atoms with van der Waals surface area (Å²) in [6.07, 6.45) is 0.987. The molecule has 15 heavy (non-hydrogen) atoms. The molecule has 0 aliphatic carbocycles. The van der Waals surface area contributed by atoms with E-state index < -0.39 is 4.92 Å². The van der Waals surface area contributed by atoms with E-state index in [1.54, 1.807) is 12.1 Å². The molecule has 1 aromatic carbocycles. The summed E-state index contributed by atoms with van der Waals surface area (Å²) in [7, 11) is 0. The van der Waals surface area contributed by atoms with Crippen molar-refractivity contribution in [3.63, 3.8) is 0 Å². The van der Waals surface area contributed by atoms with Crippen molar-refractivity contribution in [3.05, 3.63) is 38.9 Å². The van der Waals surface area contributed by atoms with Gasteiger partial charge in [-0.2, -0.15) is 0 Å². The molecule has 0 amide bonds. The van der Waals surface area contributed by atoms with Crippen LogP contribution in [0, 0.1) is 10.1 Å². The van der Waals surface area contributed by atoms with Crippen LogP contribution >= 0.6 is 24.0 Å². The molecule has 0 unspecified atom stereocenters. The van der Waals surface area contributed by atoms with Gasteiger partial charge in [0, 0.05) is 23.2 Å². The van der Waals surface area contributed by atoms with Gasteiger partial charge in [0.25, 0.3) is 5.69 Å². The molecule has 1 N–H and O–H groups in total. The Bertz CT molecular complexity index is 380. The molecule has 0 saturated carbocycles. The Kier molecular flexibility index (Phi) is 3.90. The summed E-state index contributed by atoms with van der Waals surface area (Å²) in [5, 5.41) is 14.3. The minimum atomic E-state index is -0.404. The Morgan fingerprint density at radius 3 is 2.67 bits per heavy atom. The smallest absolute Gasteiger partial charge is 0.269 e. The zero-order valence-electron chi connectivity index (χ0n) is 7.77. The molecule has 1 saturated heterocycles. The fourth-order valence-electron chi connectivity index (χ4n) is 1.47. The van der Waals surface area contributed by atoms with Crippen molar-refractivity contribution in [3.8, 4) is 0 Å². The second-order valence-electron chi connectivity index (χ2n) is 3.26. The summed E-state index contributed by atoms with van der Waals surface area (Å²) < 4.78 is 0. The molecule has 1 aliphatic heterocycles. The molecule has 1 aromatic rings. The number of benzene rings is 1. The maximum atomic E-state index is 10.5. The first-order chi connectivity index (χ1) is 6.68. The first kappa shape index (κ1) is 12.2. The van der Waals surface area contributed by atoms with Crippen LogP contribution in [0.1, 0.15) is 18.0 Å². The fourth-order valence-corrected chi connectivity index (χ4v) is 1.72. The number of nitro benzene ring substituents is 1. The third-order valence-electron chi connectivity index (χ3n) is 2.39. The second-order valence-corrected chi connectivity index (χ2v) is 3.67. The van der Waals surface area contributed by atoms with Crippen LogP contribution < -0.4 is 5.32 Å². The van der Waals surface area contributed by atoms with Crippen LogP contribution in [-0.4, -0.2) is 11.5 Å². The number of nitro groups is 1. The van der Waals surface area contributed by atoms with Crippen LogP contribution in [0.25, 0.3) is 0 Å². The third kappa shape index (κ3) is 2.40. The monoisotopic (exact) mass is 248 g/mol. The first-order valence-corrected chi connectivity index (χ1v) is 4.73. The van der Waals surface area contributed by atoms with Crippen molar-refractivity contribution < 1.29 is 4.92 Å². The topological polar surface area (TPSA) is 55.2 Å². The summed E-state index contributed by atoms with van der Waals surface area (Å²) >= 11 is 5.95. The standard InChI is InChI=1S/C9H9ClN2O2.ClH/c10-8-2-1-6(12(13)14)5-7(8)9-3-4-11-9;/h1-2,5,9,11H,3-4H2;1H/t9-;/m1./s1. The zero-order valence-corrected chi connectivity index (χ0v) is 9.35. The summed E-state index contributed by atoms with van der Waals surface area (Å²) in [5.74, 6) is 0. The maximum Gasteiger partial charge on any atom is 0.269 e. The van der Waals surface area contributed by atoms with E-state index in [9.17, 15) is 10.1 Å². The fraction of sp³-hybridized carbons (Fsp3) is 0.333. The van der Waals surface area contributed by atoms with Gasteiger partial charge in [0.05, 0.1) is 4.92 Å². The second kappa shape index (κ2) is 4.79. The Hall–Kier alpha value is -0.840. The lowest BCUT2D eigenvalue weighted by molar-refractivity contribution is -0.384. The number of non-ortho nitro benzene ring substituents is 1. The highest BCUT2D eigenvalue weighted by atomic mass is 35.5. The molecular weight excluding hydrogens is 239 g/mol. The van der Waals surface area contributed by atoms with Crippen LogP contribution in [0.4, 0.5) is 5.69 Å². The molecule has 6 heteroatoms. The molecule has 0 aromatic heterocycles. The van der Waals surface area contributed by atoms with Crippen LogP contribution in [0.5, 0.6) is 0 Å². The Labute approximate surface area is 98.2 Å². The summed E-state index contributed by atoms with van der Waals surface area (Å²) in [6.45, 7) is 0.948. The van der Waals surface area contributed by atoms with E-state index in [1.165, 1.54) is 6.07 Å². The van der Waals surface area contributed by atoms with Crippen LogP contribution in [-0.2, 0) is 0 Å². The minimum Gasteiger partial charge on any atom is -0.310 e. The number of hydrogen-bond acceptors (Lipinski definition) is 3. The highest BCUT2D eigenvalue weighted by Gasteiger charge is 2.22. The Balaban J connectivity index is 0.00000112. The number of rotatable bonds is 2. The highest BCUT2D eigenvalue weighted by molar-refractivity contribution is 6.31. The summed E-state index contributed by atoms with van der Waals surface area (Å²) in [4.78, 5) is 10.1. The van der Waals surface area contributed by atoms with Crippen molar-refractivity contribution in [1.29, 1.82) is 0 Å². The van der Waals surface area contributed by atoms with Crippen LogP contribution in [0.3, 0.4) is 0 Å². The predicted molar refractivity (Wildman–Crippen MR) is 60.7 cm³/mol. The predicted octanol–water partition coefficient (Wildman–Crippen LogP) is 2.70. The van der Waals surface area contributed by atoms with E-state index in [-0.39, 0.29) is 24.1 Å². The minimum absolute atomic E-state index is 0. The van der Waals surface area contributed by atoms with Gasteiger partial charge in [-0.15, -0.1) is 12.4 Å². The van der Waals surface area contributed by atoms with Gasteiger partial charge in [-0.05, 0) is 24.6 Å². The SMILES string of the molecule is Cl.O=[N+]([O-])c1ccc(Cl)c([C@H]2CCN2)c1. The normalized spacial score (nSPS) is 18.9. The lowest BCUT2D eigenvalue weighted by atomic mass is 9.97. The molecule has 4 nitrogen and oxygen atoms in total. The van der Waals surface area contributed by atoms with Gasteiger partial charge >= 0.3 is 0 Å². The molecule has 1 aliphatic rings. The van der Waals surface area contributed by atoms with Gasteiger partial charge in [0.15, 0.2) is 0 Å². The van der Waals surface area contributed by atoms with Crippen molar-refractivity contribution in [2.45, 2.75) is 12.5 Å². The van der Waals surface area contributed by atoms with E-state index in [1.807, 2.05) is 0 Å². The summed E-state index contributed by atoms with van der Waals surface area (Å²) in [6, 6.07) is 4.72. The van der Waals surface area contributed by atoms with Crippen molar-refractivity contribution >= 4 is 29.7 Å². The van der Waals surface area contributed by atoms with E-state index >= 15 is 0 Å². The number of nitrogens with one attached hydrogen (secondary N) is 1. The van der Waals surface area contributed by atoms with Gasteiger partial charge < -0.3 is 5.32 Å². The highest BCUT2D eigenvalue weighted by Crippen LogP contribution is 2.31. The van der Waals surface area contributed by atoms with Gasteiger partial charge in [-0.3, -0.25) is 10.1 Å². The molecular formula is C9H10Cl2N2O2. The average Bonchev–Trinajstić information content (AvgIpc) is 2.05. The van der Waals surface area contributed by atoms with E-state index in [0.717, 1.165) is 18.5 Å².